The SMILES string of the molecule is [Si]c1cn([Si])c2ccccc12. The number of hydrogen-bond donors (Lipinski definition) is 0. The zero-order chi connectivity index (χ0) is 7.84. The summed E-state index contributed by atoms with van der Waals surface area (Å²) in [6.45, 7) is 0. The van der Waals surface area contributed by atoms with Crippen LogP contribution in [0.25, 0.3) is 10.9 Å². The minimum Gasteiger partial charge on any atom is -0.376 e. The highest BCUT2D eigenvalue weighted by atomic mass is 28.2. The molecule has 0 aliphatic rings. The van der Waals surface area contributed by atoms with E-state index in [1.165, 1.54) is 10.9 Å². The number of rotatable bonds is 0. The first-order valence-corrected chi connectivity index (χ1v) is 4.27. The van der Waals surface area contributed by atoms with Gasteiger partial charge in [-0.3, -0.25) is 0 Å². The Bertz CT molecular complexity index is 356. The number of hydrogen-bond acceptors (Lipinski definition) is 0. The van der Waals surface area contributed by atoms with E-state index in [-0.39, 0.29) is 0 Å². The predicted molar refractivity (Wildman–Crippen MR) is 48.5 cm³/mol. The van der Waals surface area contributed by atoms with E-state index in [0.717, 1.165) is 5.19 Å². The van der Waals surface area contributed by atoms with Crippen molar-refractivity contribution in [2.45, 2.75) is 0 Å². The van der Waals surface area contributed by atoms with Crippen LogP contribution in [0, 0.1) is 0 Å². The van der Waals surface area contributed by atoms with E-state index >= 15 is 0 Å². The lowest BCUT2D eigenvalue weighted by atomic mass is 10.2. The Balaban J connectivity index is 2.95. The van der Waals surface area contributed by atoms with Gasteiger partial charge in [-0.1, -0.05) is 18.2 Å². The molecule has 11 heavy (non-hydrogen) atoms. The molecular formula is C8H5NSi2. The number of benzene rings is 1. The van der Waals surface area contributed by atoms with Crippen LogP contribution in [0.5, 0.6) is 0 Å². The Morgan fingerprint density at radius 3 is 2.64 bits per heavy atom. The molecule has 2 rings (SSSR count). The van der Waals surface area contributed by atoms with Gasteiger partial charge in [-0.05, 0) is 22.8 Å². The quantitative estimate of drug-likeness (QED) is 0.505. The Labute approximate surface area is 72.0 Å². The second-order valence-electron chi connectivity index (χ2n) is 2.43. The average molecular weight is 171 g/mol. The molecule has 50 valence electrons. The number of para-hydroxylation sites is 1. The number of fused-ring (bicyclic) bond motifs is 1. The van der Waals surface area contributed by atoms with E-state index in [1.54, 1.807) is 0 Å². The van der Waals surface area contributed by atoms with Gasteiger partial charge in [-0.2, -0.15) is 0 Å². The van der Waals surface area contributed by atoms with E-state index in [0.29, 0.717) is 0 Å². The van der Waals surface area contributed by atoms with Crippen LogP contribution >= 0.6 is 0 Å². The zero-order valence-electron chi connectivity index (χ0n) is 5.83. The molecule has 0 saturated heterocycles. The van der Waals surface area contributed by atoms with Crippen molar-refractivity contribution in [1.29, 1.82) is 0 Å². The van der Waals surface area contributed by atoms with Crippen molar-refractivity contribution >= 4 is 36.7 Å². The molecule has 1 aromatic carbocycles. The molecule has 0 aliphatic carbocycles. The highest BCUT2D eigenvalue weighted by molar-refractivity contribution is 6.39. The van der Waals surface area contributed by atoms with Crippen LogP contribution in [0.1, 0.15) is 0 Å². The summed E-state index contributed by atoms with van der Waals surface area (Å²) in [4.78, 5) is 0. The van der Waals surface area contributed by atoms with Gasteiger partial charge in [0.25, 0.3) is 0 Å². The van der Waals surface area contributed by atoms with Crippen molar-refractivity contribution in [3.05, 3.63) is 30.5 Å². The maximum atomic E-state index is 3.52. The highest BCUT2D eigenvalue weighted by Gasteiger charge is 1.99. The molecule has 0 fully saturated rings. The summed E-state index contributed by atoms with van der Waals surface area (Å²) in [5, 5.41) is 2.33. The second-order valence-corrected chi connectivity index (χ2v) is 3.45. The predicted octanol–water partition coefficient (Wildman–Crippen LogP) is 0.367. The molecule has 0 N–H and O–H groups in total. The van der Waals surface area contributed by atoms with Crippen LogP contribution in [-0.4, -0.2) is 24.9 Å². The molecule has 0 atom stereocenters. The van der Waals surface area contributed by atoms with Gasteiger partial charge in [-0.25, -0.2) is 0 Å². The standard InChI is InChI=1S/C8H5NSi2/c10-8-5-9(11)7-4-2-1-3-6(7)8/h1-5H. The first kappa shape index (κ1) is 6.88. The monoisotopic (exact) mass is 171 g/mol. The lowest BCUT2D eigenvalue weighted by Gasteiger charge is -1.92. The van der Waals surface area contributed by atoms with Crippen LogP contribution in [0.15, 0.2) is 30.5 Å². The lowest BCUT2D eigenvalue weighted by molar-refractivity contribution is 1.33. The van der Waals surface area contributed by atoms with E-state index in [1.807, 2.05) is 22.6 Å². The molecule has 2 aromatic rings. The van der Waals surface area contributed by atoms with Crippen molar-refractivity contribution in [2.75, 3.05) is 0 Å². The van der Waals surface area contributed by atoms with Gasteiger partial charge in [0.15, 0.2) is 10.4 Å². The lowest BCUT2D eigenvalue weighted by Crippen LogP contribution is -1.97. The third kappa shape index (κ3) is 0.966. The number of nitrogens with zero attached hydrogens (tertiary/aromatic N) is 1. The summed E-state index contributed by atoms with van der Waals surface area (Å²) in [7, 11) is 6.97. The van der Waals surface area contributed by atoms with Crippen molar-refractivity contribution in [3.63, 3.8) is 0 Å². The van der Waals surface area contributed by atoms with Crippen LogP contribution in [0.4, 0.5) is 0 Å². The summed E-state index contributed by atoms with van der Waals surface area (Å²) < 4.78 is 1.91. The molecule has 0 saturated carbocycles. The molecule has 0 aliphatic heterocycles. The Hall–Kier alpha value is -0.806. The molecule has 0 bridgehead atoms. The molecule has 3 heteroatoms. The Kier molecular flexibility index (Phi) is 1.47. The molecule has 0 spiro atoms. The van der Waals surface area contributed by atoms with E-state index in [4.69, 9.17) is 0 Å². The minimum absolute atomic E-state index is 1.11. The normalized spacial score (nSPS) is 10.7. The van der Waals surface area contributed by atoms with Crippen LogP contribution in [0.3, 0.4) is 0 Å². The molecule has 6 radical (unpaired) electrons. The molecule has 0 unspecified atom stereocenters. The van der Waals surface area contributed by atoms with Crippen molar-refractivity contribution < 1.29 is 0 Å². The van der Waals surface area contributed by atoms with E-state index in [2.05, 4.69) is 32.8 Å². The molecule has 1 heterocycles. The van der Waals surface area contributed by atoms with Gasteiger partial charge in [-0.15, -0.1) is 0 Å². The Morgan fingerprint density at radius 2 is 1.91 bits per heavy atom. The third-order valence-corrected chi connectivity index (χ3v) is 2.48. The highest BCUT2D eigenvalue weighted by Crippen LogP contribution is 2.09. The van der Waals surface area contributed by atoms with Crippen LogP contribution in [0.2, 0.25) is 0 Å². The van der Waals surface area contributed by atoms with Crippen LogP contribution < -0.4 is 5.19 Å². The maximum absolute atomic E-state index is 3.52. The minimum atomic E-state index is 1.11. The topological polar surface area (TPSA) is 4.93 Å². The fourth-order valence-electron chi connectivity index (χ4n) is 1.18. The summed E-state index contributed by atoms with van der Waals surface area (Å²) in [6.07, 6.45) is 1.98. The molecular weight excluding hydrogens is 166 g/mol. The summed E-state index contributed by atoms with van der Waals surface area (Å²) >= 11 is 0. The van der Waals surface area contributed by atoms with Crippen LogP contribution in [-0.2, 0) is 0 Å². The smallest absolute Gasteiger partial charge is 0.195 e. The van der Waals surface area contributed by atoms with Gasteiger partial charge < -0.3 is 4.23 Å². The molecule has 1 nitrogen and oxygen atoms in total. The van der Waals surface area contributed by atoms with Gasteiger partial charge in [0.1, 0.15) is 0 Å². The average Bonchev–Trinajstić information content (AvgIpc) is 2.30. The van der Waals surface area contributed by atoms with Crippen molar-refractivity contribution in [1.82, 2.24) is 4.23 Å². The van der Waals surface area contributed by atoms with Gasteiger partial charge in [0.2, 0.25) is 0 Å². The van der Waals surface area contributed by atoms with Crippen molar-refractivity contribution in [2.24, 2.45) is 0 Å². The largest absolute Gasteiger partial charge is 0.376 e. The Morgan fingerprint density at radius 1 is 1.18 bits per heavy atom. The third-order valence-electron chi connectivity index (χ3n) is 1.71. The molecule has 0 amide bonds. The fraction of sp³-hybridized carbons (Fsp3) is 0. The molecule has 1 aromatic heterocycles. The maximum Gasteiger partial charge on any atom is 0.195 e. The van der Waals surface area contributed by atoms with E-state index < -0.39 is 0 Å². The zero-order valence-corrected chi connectivity index (χ0v) is 7.83. The summed E-state index contributed by atoms with van der Waals surface area (Å²) in [6, 6.07) is 8.18. The fourth-order valence-corrected chi connectivity index (χ4v) is 1.97. The second kappa shape index (κ2) is 2.35. The summed E-state index contributed by atoms with van der Waals surface area (Å²) in [5.74, 6) is 0. The number of aromatic nitrogens is 1. The first-order chi connectivity index (χ1) is 5.29. The van der Waals surface area contributed by atoms with E-state index in [9.17, 15) is 0 Å². The van der Waals surface area contributed by atoms with Gasteiger partial charge >= 0.3 is 0 Å². The van der Waals surface area contributed by atoms with Gasteiger partial charge in [0.05, 0.1) is 10.2 Å². The first-order valence-electron chi connectivity index (χ1n) is 3.32. The van der Waals surface area contributed by atoms with Crippen molar-refractivity contribution in [3.8, 4) is 0 Å². The summed E-state index contributed by atoms with van der Waals surface area (Å²) in [5.41, 5.74) is 1.18. The van der Waals surface area contributed by atoms with Gasteiger partial charge in [0, 0.05) is 5.52 Å².